The van der Waals surface area contributed by atoms with Crippen molar-refractivity contribution in [3.8, 4) is 0 Å². The zero-order chi connectivity index (χ0) is 13.3. The SMILES string of the molecule is OC1CCC2(CC1)CCC(C1NCC(O)CN1)CC2. The summed E-state index contributed by atoms with van der Waals surface area (Å²) in [6.07, 6.45) is 9.84. The van der Waals surface area contributed by atoms with Crippen LogP contribution in [0.4, 0.5) is 0 Å². The number of rotatable bonds is 1. The summed E-state index contributed by atoms with van der Waals surface area (Å²) in [5.41, 5.74) is 0.546. The Kier molecular flexibility index (Phi) is 4.13. The number of aliphatic hydroxyl groups excluding tert-OH is 2. The molecule has 1 aliphatic heterocycles. The Morgan fingerprint density at radius 2 is 1.26 bits per heavy atom. The van der Waals surface area contributed by atoms with Crippen molar-refractivity contribution in [3.63, 3.8) is 0 Å². The summed E-state index contributed by atoms with van der Waals surface area (Å²) in [5.74, 6) is 0.713. The van der Waals surface area contributed by atoms with E-state index in [4.69, 9.17) is 0 Å². The summed E-state index contributed by atoms with van der Waals surface area (Å²) in [4.78, 5) is 0. The molecule has 3 rings (SSSR count). The molecular formula is C15H28N2O2. The van der Waals surface area contributed by atoms with Crippen molar-refractivity contribution in [3.05, 3.63) is 0 Å². The second kappa shape index (κ2) is 5.68. The van der Waals surface area contributed by atoms with E-state index in [9.17, 15) is 10.2 Å². The van der Waals surface area contributed by atoms with Crippen LogP contribution in [-0.4, -0.2) is 41.7 Å². The van der Waals surface area contributed by atoms with Crippen molar-refractivity contribution < 1.29 is 10.2 Å². The minimum atomic E-state index is -0.231. The zero-order valence-electron chi connectivity index (χ0n) is 11.8. The highest BCUT2D eigenvalue weighted by atomic mass is 16.3. The van der Waals surface area contributed by atoms with Gasteiger partial charge in [-0.1, -0.05) is 0 Å². The van der Waals surface area contributed by atoms with Crippen LogP contribution in [0.25, 0.3) is 0 Å². The maximum atomic E-state index is 9.66. The number of hydrogen-bond donors (Lipinski definition) is 4. The van der Waals surface area contributed by atoms with Gasteiger partial charge in [0.25, 0.3) is 0 Å². The lowest BCUT2D eigenvalue weighted by Crippen LogP contribution is -2.58. The van der Waals surface area contributed by atoms with Crippen LogP contribution in [0, 0.1) is 11.3 Å². The van der Waals surface area contributed by atoms with E-state index in [0.717, 1.165) is 25.9 Å². The summed E-state index contributed by atoms with van der Waals surface area (Å²) < 4.78 is 0. The van der Waals surface area contributed by atoms with Gasteiger partial charge in [-0.15, -0.1) is 0 Å². The van der Waals surface area contributed by atoms with Crippen molar-refractivity contribution in [2.75, 3.05) is 13.1 Å². The average Bonchev–Trinajstić information content (AvgIpc) is 2.44. The average molecular weight is 268 g/mol. The van der Waals surface area contributed by atoms with Gasteiger partial charge < -0.3 is 10.2 Å². The lowest BCUT2D eigenvalue weighted by atomic mass is 9.62. The van der Waals surface area contributed by atoms with Crippen LogP contribution >= 0.6 is 0 Å². The molecule has 3 aliphatic rings. The highest BCUT2D eigenvalue weighted by Gasteiger charge is 2.40. The van der Waals surface area contributed by atoms with Gasteiger partial charge in [-0.05, 0) is 62.7 Å². The van der Waals surface area contributed by atoms with Crippen LogP contribution in [0.1, 0.15) is 51.4 Å². The number of nitrogens with one attached hydrogen (secondary N) is 2. The fourth-order valence-electron chi connectivity index (χ4n) is 4.30. The van der Waals surface area contributed by atoms with E-state index in [0.29, 0.717) is 17.5 Å². The standard InChI is InChI=1S/C15H28N2O2/c18-12-3-7-15(8-4-12)5-1-11(2-6-15)14-16-9-13(19)10-17-14/h11-14,16-19H,1-10H2. The Labute approximate surface area is 116 Å². The van der Waals surface area contributed by atoms with Crippen molar-refractivity contribution in [2.24, 2.45) is 11.3 Å². The first kappa shape index (κ1) is 13.8. The summed E-state index contributed by atoms with van der Waals surface area (Å²) in [6.45, 7) is 1.46. The molecular weight excluding hydrogens is 240 g/mol. The second-order valence-electron chi connectivity index (χ2n) is 7.02. The molecule has 0 bridgehead atoms. The fraction of sp³-hybridized carbons (Fsp3) is 1.00. The predicted octanol–water partition coefficient (Wildman–Crippen LogP) is 0.978. The maximum Gasteiger partial charge on any atom is 0.0789 e. The van der Waals surface area contributed by atoms with E-state index in [1.807, 2.05) is 0 Å². The third-order valence-electron chi connectivity index (χ3n) is 5.72. The molecule has 1 saturated heterocycles. The summed E-state index contributed by atoms with van der Waals surface area (Å²) in [6, 6.07) is 0. The lowest BCUT2D eigenvalue weighted by molar-refractivity contribution is 0.0170. The quantitative estimate of drug-likeness (QED) is 0.572. The summed E-state index contributed by atoms with van der Waals surface area (Å²) >= 11 is 0. The third kappa shape index (κ3) is 3.13. The van der Waals surface area contributed by atoms with E-state index in [1.165, 1.54) is 38.5 Å². The van der Waals surface area contributed by atoms with E-state index in [1.54, 1.807) is 0 Å². The topological polar surface area (TPSA) is 64.5 Å². The minimum absolute atomic E-state index is 0.0356. The van der Waals surface area contributed by atoms with Gasteiger partial charge in [0.2, 0.25) is 0 Å². The minimum Gasteiger partial charge on any atom is -0.393 e. The van der Waals surface area contributed by atoms with Gasteiger partial charge in [0.1, 0.15) is 0 Å². The Hall–Kier alpha value is -0.160. The molecule has 0 aromatic rings. The van der Waals surface area contributed by atoms with Gasteiger partial charge in [0.05, 0.1) is 18.4 Å². The van der Waals surface area contributed by atoms with E-state index in [-0.39, 0.29) is 12.2 Å². The molecule has 0 atom stereocenters. The van der Waals surface area contributed by atoms with Gasteiger partial charge in [0.15, 0.2) is 0 Å². The molecule has 2 saturated carbocycles. The molecule has 4 nitrogen and oxygen atoms in total. The molecule has 1 heterocycles. The molecule has 4 N–H and O–H groups in total. The van der Waals surface area contributed by atoms with E-state index in [2.05, 4.69) is 10.6 Å². The van der Waals surface area contributed by atoms with Gasteiger partial charge in [0, 0.05) is 13.1 Å². The Morgan fingerprint density at radius 3 is 1.84 bits per heavy atom. The molecule has 110 valence electrons. The van der Waals surface area contributed by atoms with Crippen LogP contribution in [0.2, 0.25) is 0 Å². The first-order chi connectivity index (χ1) is 9.17. The Morgan fingerprint density at radius 1 is 0.737 bits per heavy atom. The molecule has 0 unspecified atom stereocenters. The largest absolute Gasteiger partial charge is 0.393 e. The van der Waals surface area contributed by atoms with Crippen LogP contribution in [0.15, 0.2) is 0 Å². The van der Waals surface area contributed by atoms with Crippen molar-refractivity contribution >= 4 is 0 Å². The van der Waals surface area contributed by atoms with Crippen LogP contribution < -0.4 is 10.6 Å². The molecule has 0 amide bonds. The van der Waals surface area contributed by atoms with Crippen molar-refractivity contribution in [1.82, 2.24) is 10.6 Å². The normalized spacial score (nSPS) is 48.3. The van der Waals surface area contributed by atoms with E-state index >= 15 is 0 Å². The van der Waals surface area contributed by atoms with Gasteiger partial charge in [-0.2, -0.15) is 0 Å². The van der Waals surface area contributed by atoms with Gasteiger partial charge >= 0.3 is 0 Å². The smallest absolute Gasteiger partial charge is 0.0789 e. The van der Waals surface area contributed by atoms with Crippen LogP contribution in [0.3, 0.4) is 0 Å². The van der Waals surface area contributed by atoms with Crippen LogP contribution in [-0.2, 0) is 0 Å². The monoisotopic (exact) mass is 268 g/mol. The van der Waals surface area contributed by atoms with Crippen LogP contribution in [0.5, 0.6) is 0 Å². The van der Waals surface area contributed by atoms with Gasteiger partial charge in [-0.25, -0.2) is 0 Å². The predicted molar refractivity (Wildman–Crippen MR) is 74.7 cm³/mol. The van der Waals surface area contributed by atoms with Crippen molar-refractivity contribution in [1.29, 1.82) is 0 Å². The molecule has 0 aromatic carbocycles. The number of β-amino-alcohol motifs (C(OH)–C–C–N with tert-alkyl or cyclic N) is 1. The zero-order valence-corrected chi connectivity index (χ0v) is 11.8. The highest BCUT2D eigenvalue weighted by Crippen LogP contribution is 2.49. The van der Waals surface area contributed by atoms with Gasteiger partial charge in [-0.3, -0.25) is 10.6 Å². The molecule has 2 aliphatic carbocycles. The molecule has 0 radical (unpaired) electrons. The molecule has 0 aromatic heterocycles. The number of aliphatic hydroxyl groups is 2. The second-order valence-corrected chi connectivity index (χ2v) is 7.02. The molecule has 4 heteroatoms. The molecule has 3 fully saturated rings. The lowest BCUT2D eigenvalue weighted by Gasteiger charge is -2.46. The fourth-order valence-corrected chi connectivity index (χ4v) is 4.30. The number of hydrogen-bond acceptors (Lipinski definition) is 4. The third-order valence-corrected chi connectivity index (χ3v) is 5.72. The van der Waals surface area contributed by atoms with Crippen molar-refractivity contribution in [2.45, 2.75) is 69.7 Å². The maximum absolute atomic E-state index is 9.66. The molecule has 19 heavy (non-hydrogen) atoms. The highest BCUT2D eigenvalue weighted by molar-refractivity contribution is 4.93. The first-order valence-electron chi connectivity index (χ1n) is 8.00. The first-order valence-corrected chi connectivity index (χ1v) is 8.00. The Bertz CT molecular complexity index is 285. The summed E-state index contributed by atoms with van der Waals surface area (Å²) in [7, 11) is 0. The van der Waals surface area contributed by atoms with E-state index < -0.39 is 0 Å². The Balaban J connectivity index is 1.49. The molecule has 1 spiro atoms. The summed E-state index contributed by atoms with van der Waals surface area (Å²) in [5, 5.41) is 26.0.